The van der Waals surface area contributed by atoms with Crippen LogP contribution in [0.4, 0.5) is 0 Å². The molecule has 1 amide bonds. The Bertz CT molecular complexity index is 1020. The minimum atomic E-state index is -0.360. The van der Waals surface area contributed by atoms with Crippen LogP contribution in [0.25, 0.3) is 0 Å². The Labute approximate surface area is 182 Å². The van der Waals surface area contributed by atoms with E-state index in [-0.39, 0.29) is 5.91 Å². The highest BCUT2D eigenvalue weighted by atomic mass is 79.9. The number of hydrogen-bond donors (Lipinski definition) is 1. The van der Waals surface area contributed by atoms with Crippen molar-refractivity contribution in [2.24, 2.45) is 5.10 Å². The standard InChI is InChI=1S/C22H18BrClN2O3/c1-28-21-10-7-17(23)12-20(21)22(27)26-25-13-15-5-8-19(9-6-15)29-14-16-3-2-4-18(24)11-16/h2-13H,14H2,1H3,(H,26,27)/b25-13-. The first-order valence-electron chi connectivity index (χ1n) is 8.69. The second-order valence-electron chi connectivity index (χ2n) is 6.03. The largest absolute Gasteiger partial charge is 0.496 e. The maximum atomic E-state index is 12.3. The molecule has 0 bridgehead atoms. The van der Waals surface area contributed by atoms with E-state index >= 15 is 0 Å². The molecular weight excluding hydrogens is 456 g/mol. The lowest BCUT2D eigenvalue weighted by molar-refractivity contribution is 0.0952. The van der Waals surface area contributed by atoms with E-state index in [1.165, 1.54) is 7.11 Å². The van der Waals surface area contributed by atoms with Gasteiger partial charge in [-0.3, -0.25) is 4.79 Å². The molecule has 7 heteroatoms. The van der Waals surface area contributed by atoms with Crippen LogP contribution in [-0.4, -0.2) is 19.2 Å². The van der Waals surface area contributed by atoms with Gasteiger partial charge in [0, 0.05) is 9.50 Å². The molecule has 0 aliphatic rings. The third-order valence-electron chi connectivity index (χ3n) is 3.96. The molecule has 5 nitrogen and oxygen atoms in total. The van der Waals surface area contributed by atoms with E-state index in [0.717, 1.165) is 21.3 Å². The lowest BCUT2D eigenvalue weighted by atomic mass is 10.2. The maximum Gasteiger partial charge on any atom is 0.275 e. The third-order valence-corrected chi connectivity index (χ3v) is 4.69. The highest BCUT2D eigenvalue weighted by molar-refractivity contribution is 9.10. The summed E-state index contributed by atoms with van der Waals surface area (Å²) in [6.45, 7) is 0.429. The fourth-order valence-electron chi connectivity index (χ4n) is 2.53. The number of carbonyl (C=O) groups excluding carboxylic acids is 1. The summed E-state index contributed by atoms with van der Waals surface area (Å²) in [4.78, 5) is 12.3. The fraction of sp³-hybridized carbons (Fsp3) is 0.0909. The first kappa shape index (κ1) is 20.9. The Morgan fingerprint density at radius 3 is 2.66 bits per heavy atom. The fourth-order valence-corrected chi connectivity index (χ4v) is 3.10. The van der Waals surface area contributed by atoms with Gasteiger partial charge in [0.05, 0.1) is 18.9 Å². The minimum Gasteiger partial charge on any atom is -0.496 e. The van der Waals surface area contributed by atoms with Crippen molar-refractivity contribution in [2.45, 2.75) is 6.61 Å². The highest BCUT2D eigenvalue weighted by Crippen LogP contribution is 2.22. The maximum absolute atomic E-state index is 12.3. The summed E-state index contributed by atoms with van der Waals surface area (Å²) in [5.41, 5.74) is 4.71. The van der Waals surface area contributed by atoms with Crippen molar-refractivity contribution in [3.63, 3.8) is 0 Å². The number of nitrogens with zero attached hydrogens (tertiary/aromatic N) is 1. The summed E-state index contributed by atoms with van der Waals surface area (Å²) >= 11 is 9.32. The van der Waals surface area contributed by atoms with E-state index in [0.29, 0.717) is 22.9 Å². The van der Waals surface area contributed by atoms with Crippen molar-refractivity contribution >= 4 is 39.7 Å². The molecule has 0 aliphatic carbocycles. The molecule has 0 saturated carbocycles. The lowest BCUT2D eigenvalue weighted by Crippen LogP contribution is -2.18. The van der Waals surface area contributed by atoms with Crippen molar-refractivity contribution in [3.05, 3.63) is 92.9 Å². The van der Waals surface area contributed by atoms with Crippen LogP contribution in [0.2, 0.25) is 5.02 Å². The SMILES string of the molecule is COc1ccc(Br)cc1C(=O)N/N=C\c1ccc(OCc2cccc(Cl)c2)cc1. The molecule has 0 unspecified atom stereocenters. The summed E-state index contributed by atoms with van der Waals surface area (Å²) < 4.78 is 11.7. The van der Waals surface area contributed by atoms with Gasteiger partial charge in [-0.15, -0.1) is 0 Å². The first-order valence-corrected chi connectivity index (χ1v) is 9.86. The van der Waals surface area contributed by atoms with E-state index in [1.54, 1.807) is 24.4 Å². The summed E-state index contributed by atoms with van der Waals surface area (Å²) in [5.74, 6) is 0.841. The molecule has 0 saturated heterocycles. The van der Waals surface area contributed by atoms with Gasteiger partial charge in [-0.05, 0) is 65.7 Å². The molecule has 0 aliphatic heterocycles. The lowest BCUT2D eigenvalue weighted by Gasteiger charge is -2.07. The normalized spacial score (nSPS) is 10.7. The second-order valence-corrected chi connectivity index (χ2v) is 7.38. The van der Waals surface area contributed by atoms with E-state index in [4.69, 9.17) is 21.1 Å². The molecule has 0 aromatic heterocycles. The number of hydrogen-bond acceptors (Lipinski definition) is 4. The first-order chi connectivity index (χ1) is 14.0. The van der Waals surface area contributed by atoms with Gasteiger partial charge in [-0.2, -0.15) is 5.10 Å². The average Bonchev–Trinajstić information content (AvgIpc) is 2.73. The van der Waals surface area contributed by atoms with Crippen molar-refractivity contribution in [1.82, 2.24) is 5.43 Å². The Kier molecular flexibility index (Phi) is 7.27. The molecule has 29 heavy (non-hydrogen) atoms. The summed E-state index contributed by atoms with van der Waals surface area (Å²) in [5, 5.41) is 4.69. The summed E-state index contributed by atoms with van der Waals surface area (Å²) in [6, 6.07) is 20.1. The Hall–Kier alpha value is -2.83. The van der Waals surface area contributed by atoms with Crippen LogP contribution in [0.3, 0.4) is 0 Å². The molecule has 148 valence electrons. The van der Waals surface area contributed by atoms with E-state index in [2.05, 4.69) is 26.5 Å². The zero-order chi connectivity index (χ0) is 20.6. The van der Waals surface area contributed by atoms with Crippen LogP contribution in [-0.2, 0) is 6.61 Å². The van der Waals surface area contributed by atoms with Crippen LogP contribution in [0.1, 0.15) is 21.5 Å². The smallest absolute Gasteiger partial charge is 0.275 e. The van der Waals surface area contributed by atoms with Crippen molar-refractivity contribution < 1.29 is 14.3 Å². The number of nitrogens with one attached hydrogen (secondary N) is 1. The van der Waals surface area contributed by atoms with Gasteiger partial charge >= 0.3 is 0 Å². The summed E-state index contributed by atoms with van der Waals surface area (Å²) in [6.07, 6.45) is 1.56. The molecule has 3 rings (SSSR count). The number of rotatable bonds is 7. The van der Waals surface area contributed by atoms with Crippen LogP contribution >= 0.6 is 27.5 Å². The number of hydrazone groups is 1. The third kappa shape index (κ3) is 6.07. The number of benzene rings is 3. The topological polar surface area (TPSA) is 59.9 Å². The van der Waals surface area contributed by atoms with Crippen LogP contribution in [0.5, 0.6) is 11.5 Å². The molecule has 0 atom stereocenters. The van der Waals surface area contributed by atoms with Gasteiger partial charge in [-0.1, -0.05) is 39.7 Å². The quantitative estimate of drug-likeness (QED) is 0.366. The number of methoxy groups -OCH3 is 1. The van der Waals surface area contributed by atoms with Crippen LogP contribution in [0, 0.1) is 0 Å². The monoisotopic (exact) mass is 472 g/mol. The van der Waals surface area contributed by atoms with E-state index in [1.807, 2.05) is 48.5 Å². The molecule has 0 spiro atoms. The Morgan fingerprint density at radius 1 is 1.14 bits per heavy atom. The van der Waals surface area contributed by atoms with E-state index < -0.39 is 0 Å². The second kappa shape index (κ2) is 10.1. The van der Waals surface area contributed by atoms with Gasteiger partial charge in [0.2, 0.25) is 0 Å². The van der Waals surface area contributed by atoms with Crippen molar-refractivity contribution in [2.75, 3.05) is 7.11 Å². The molecule has 0 heterocycles. The van der Waals surface area contributed by atoms with Gasteiger partial charge < -0.3 is 9.47 Å². The van der Waals surface area contributed by atoms with Gasteiger partial charge in [-0.25, -0.2) is 5.43 Å². The van der Waals surface area contributed by atoms with E-state index in [9.17, 15) is 4.79 Å². The minimum absolute atomic E-state index is 0.360. The molecule has 0 fully saturated rings. The predicted molar refractivity (Wildman–Crippen MR) is 118 cm³/mol. The zero-order valence-corrected chi connectivity index (χ0v) is 17.9. The number of halogens is 2. The number of carbonyl (C=O) groups is 1. The molecule has 3 aromatic carbocycles. The Balaban J connectivity index is 1.56. The molecule has 0 radical (unpaired) electrons. The van der Waals surface area contributed by atoms with Crippen molar-refractivity contribution in [3.8, 4) is 11.5 Å². The van der Waals surface area contributed by atoms with Gasteiger partial charge in [0.15, 0.2) is 0 Å². The zero-order valence-electron chi connectivity index (χ0n) is 15.6. The molecule has 1 N–H and O–H groups in total. The molecule has 3 aromatic rings. The molecular formula is C22H18BrClN2O3. The number of amides is 1. The number of ether oxygens (including phenoxy) is 2. The average molecular weight is 474 g/mol. The Morgan fingerprint density at radius 2 is 1.93 bits per heavy atom. The summed E-state index contributed by atoms with van der Waals surface area (Å²) in [7, 11) is 1.51. The van der Waals surface area contributed by atoms with Crippen LogP contribution in [0.15, 0.2) is 76.3 Å². The highest BCUT2D eigenvalue weighted by Gasteiger charge is 2.11. The van der Waals surface area contributed by atoms with Gasteiger partial charge in [0.25, 0.3) is 5.91 Å². The predicted octanol–water partition coefficient (Wildman–Crippen LogP) is 5.45. The van der Waals surface area contributed by atoms with Gasteiger partial charge in [0.1, 0.15) is 18.1 Å². The van der Waals surface area contributed by atoms with Crippen LogP contribution < -0.4 is 14.9 Å². The van der Waals surface area contributed by atoms with Crippen molar-refractivity contribution in [1.29, 1.82) is 0 Å².